The van der Waals surface area contributed by atoms with Crippen molar-refractivity contribution in [2.75, 3.05) is 25.6 Å². The largest absolute Gasteiger partial charge is 0.382 e. The van der Waals surface area contributed by atoms with Gasteiger partial charge in [0, 0.05) is 24.2 Å². The summed E-state index contributed by atoms with van der Waals surface area (Å²) in [5.74, 6) is 0. The summed E-state index contributed by atoms with van der Waals surface area (Å²) in [6, 6.07) is 17.8. The van der Waals surface area contributed by atoms with Gasteiger partial charge in [-0.05, 0) is 42.2 Å². The fourth-order valence-corrected chi connectivity index (χ4v) is 3.90. The summed E-state index contributed by atoms with van der Waals surface area (Å²) in [7, 11) is 1.70. The van der Waals surface area contributed by atoms with Crippen molar-refractivity contribution in [2.24, 2.45) is 0 Å². The maximum Gasteiger partial charge on any atom is 0.0719 e. The fraction of sp³-hybridized carbons (Fsp3) is 0.391. The Labute approximate surface area is 160 Å². The number of hydrogen-bond donors (Lipinski definition) is 2. The van der Waals surface area contributed by atoms with Gasteiger partial charge in [-0.25, -0.2) is 0 Å². The minimum Gasteiger partial charge on any atom is -0.382 e. The minimum absolute atomic E-state index is 0.571. The van der Waals surface area contributed by atoms with Crippen LogP contribution in [0.2, 0.25) is 0 Å². The molecule has 0 spiro atoms. The zero-order valence-corrected chi connectivity index (χ0v) is 16.0. The van der Waals surface area contributed by atoms with Gasteiger partial charge in [0.1, 0.15) is 0 Å². The van der Waals surface area contributed by atoms with Gasteiger partial charge in [-0.1, -0.05) is 43.2 Å². The van der Waals surface area contributed by atoms with E-state index in [2.05, 4.69) is 58.8 Å². The number of ether oxygens (including phenoxy) is 2. The quantitative estimate of drug-likeness (QED) is 0.530. The number of aromatic amines is 1. The van der Waals surface area contributed by atoms with Crippen molar-refractivity contribution >= 4 is 16.6 Å². The van der Waals surface area contributed by atoms with Crippen LogP contribution in [0.1, 0.15) is 31.2 Å². The highest BCUT2D eigenvalue weighted by atomic mass is 16.5. The van der Waals surface area contributed by atoms with E-state index in [9.17, 15) is 0 Å². The van der Waals surface area contributed by atoms with Crippen molar-refractivity contribution in [3.8, 4) is 11.3 Å². The molecule has 2 N–H and O–H groups in total. The Kier molecular flexibility index (Phi) is 5.75. The zero-order valence-electron chi connectivity index (χ0n) is 16.0. The second-order valence-electron chi connectivity index (χ2n) is 7.33. The molecule has 4 heteroatoms. The van der Waals surface area contributed by atoms with Crippen molar-refractivity contribution < 1.29 is 9.47 Å². The van der Waals surface area contributed by atoms with E-state index in [1.165, 1.54) is 53.4 Å². The number of aromatic nitrogens is 1. The molecule has 0 saturated heterocycles. The van der Waals surface area contributed by atoms with Crippen molar-refractivity contribution in [3.05, 3.63) is 54.1 Å². The van der Waals surface area contributed by atoms with Crippen LogP contribution in [0, 0.1) is 0 Å². The normalized spacial score (nSPS) is 14.9. The molecule has 27 heavy (non-hydrogen) atoms. The molecule has 142 valence electrons. The molecule has 0 aliphatic heterocycles. The van der Waals surface area contributed by atoms with Gasteiger partial charge in [0.15, 0.2) is 0 Å². The average molecular weight is 364 g/mol. The van der Waals surface area contributed by atoms with E-state index in [0.717, 1.165) is 5.69 Å². The molecule has 0 unspecified atom stereocenters. The third kappa shape index (κ3) is 4.34. The van der Waals surface area contributed by atoms with E-state index >= 15 is 0 Å². The van der Waals surface area contributed by atoms with Crippen LogP contribution in [-0.4, -0.2) is 31.3 Å². The van der Waals surface area contributed by atoms with Crippen LogP contribution in [0.4, 0.5) is 5.69 Å². The number of benzene rings is 2. The maximum absolute atomic E-state index is 5.76. The molecule has 1 heterocycles. The lowest BCUT2D eigenvalue weighted by Crippen LogP contribution is -2.15. The Hall–Kier alpha value is -2.30. The smallest absolute Gasteiger partial charge is 0.0719 e. The Bertz CT molecular complexity index is 867. The summed E-state index contributed by atoms with van der Waals surface area (Å²) < 4.78 is 10.8. The first-order valence-electron chi connectivity index (χ1n) is 9.88. The predicted octanol–water partition coefficient (Wildman–Crippen LogP) is 5.35. The monoisotopic (exact) mass is 364 g/mol. The lowest BCUT2D eigenvalue weighted by Gasteiger charge is -2.16. The summed E-state index contributed by atoms with van der Waals surface area (Å²) in [6.07, 6.45) is 5.14. The maximum atomic E-state index is 5.76. The van der Waals surface area contributed by atoms with Gasteiger partial charge >= 0.3 is 0 Å². The number of hydrogen-bond acceptors (Lipinski definition) is 3. The molecule has 3 aromatic rings. The molecule has 0 amide bonds. The van der Waals surface area contributed by atoms with Gasteiger partial charge < -0.3 is 19.8 Å². The Morgan fingerprint density at radius 3 is 2.63 bits per heavy atom. The third-order valence-corrected chi connectivity index (χ3v) is 5.29. The standard InChI is InChI=1S/C23H28N2O2/c1-26-11-12-27-16-17-13-19-15-21(18-7-3-2-4-8-18)25-23(19)22(14-17)24-20-9-5-6-10-20/h2-4,7-8,13-15,20,24-25H,5-6,9-12,16H2,1H3. The van der Waals surface area contributed by atoms with Crippen LogP contribution in [0.15, 0.2) is 48.5 Å². The second kappa shape index (κ2) is 8.59. The van der Waals surface area contributed by atoms with Crippen molar-refractivity contribution in [3.63, 3.8) is 0 Å². The predicted molar refractivity (Wildman–Crippen MR) is 111 cm³/mol. The molecule has 1 saturated carbocycles. The van der Waals surface area contributed by atoms with Crippen molar-refractivity contribution in [1.82, 2.24) is 4.98 Å². The molecule has 1 fully saturated rings. The van der Waals surface area contributed by atoms with E-state index in [0.29, 0.717) is 25.9 Å². The highest BCUT2D eigenvalue weighted by molar-refractivity contribution is 5.95. The van der Waals surface area contributed by atoms with Gasteiger partial charge in [-0.15, -0.1) is 0 Å². The lowest BCUT2D eigenvalue weighted by molar-refractivity contribution is 0.0617. The molecular formula is C23H28N2O2. The summed E-state index contributed by atoms with van der Waals surface area (Å²) in [4.78, 5) is 3.63. The topological polar surface area (TPSA) is 46.3 Å². The molecule has 0 atom stereocenters. The Balaban J connectivity index is 1.65. The van der Waals surface area contributed by atoms with Crippen molar-refractivity contribution in [1.29, 1.82) is 0 Å². The molecular weight excluding hydrogens is 336 g/mol. The molecule has 0 bridgehead atoms. The lowest BCUT2D eigenvalue weighted by atomic mass is 10.1. The number of anilines is 1. The van der Waals surface area contributed by atoms with E-state index in [1.807, 2.05) is 0 Å². The fourth-order valence-electron chi connectivity index (χ4n) is 3.90. The first-order chi connectivity index (χ1) is 13.3. The molecule has 1 aliphatic rings. The highest BCUT2D eigenvalue weighted by Crippen LogP contribution is 2.32. The van der Waals surface area contributed by atoms with Gasteiger partial charge in [0.2, 0.25) is 0 Å². The molecule has 0 radical (unpaired) electrons. The Morgan fingerprint density at radius 2 is 1.85 bits per heavy atom. The number of H-pyrrole nitrogens is 1. The molecule has 4 rings (SSSR count). The van der Waals surface area contributed by atoms with E-state index in [-0.39, 0.29) is 0 Å². The van der Waals surface area contributed by atoms with Crippen molar-refractivity contribution in [2.45, 2.75) is 38.3 Å². The first kappa shape index (κ1) is 18.1. The van der Waals surface area contributed by atoms with Gasteiger partial charge in [0.05, 0.1) is 31.0 Å². The third-order valence-electron chi connectivity index (χ3n) is 5.29. The first-order valence-corrected chi connectivity index (χ1v) is 9.88. The van der Waals surface area contributed by atoms with E-state index in [1.54, 1.807) is 7.11 Å². The Morgan fingerprint density at radius 1 is 1.04 bits per heavy atom. The average Bonchev–Trinajstić information content (AvgIpc) is 3.36. The summed E-state index contributed by atoms with van der Waals surface area (Å²) in [5.41, 5.74) is 5.92. The highest BCUT2D eigenvalue weighted by Gasteiger charge is 2.17. The number of methoxy groups -OCH3 is 1. The van der Waals surface area contributed by atoms with Gasteiger partial charge in [-0.3, -0.25) is 0 Å². The number of fused-ring (bicyclic) bond motifs is 1. The summed E-state index contributed by atoms with van der Waals surface area (Å²) in [5, 5.41) is 5.00. The zero-order chi connectivity index (χ0) is 18.5. The molecule has 4 nitrogen and oxygen atoms in total. The van der Waals surface area contributed by atoms with E-state index < -0.39 is 0 Å². The van der Waals surface area contributed by atoms with Gasteiger partial charge in [0.25, 0.3) is 0 Å². The van der Waals surface area contributed by atoms with Gasteiger partial charge in [-0.2, -0.15) is 0 Å². The SMILES string of the molecule is COCCOCc1cc(NC2CCCC2)c2[nH]c(-c3ccccc3)cc2c1. The summed E-state index contributed by atoms with van der Waals surface area (Å²) >= 11 is 0. The van der Waals surface area contributed by atoms with Crippen LogP contribution >= 0.6 is 0 Å². The van der Waals surface area contributed by atoms with Crippen LogP contribution in [-0.2, 0) is 16.1 Å². The second-order valence-corrected chi connectivity index (χ2v) is 7.33. The summed E-state index contributed by atoms with van der Waals surface area (Å²) in [6.45, 7) is 1.84. The minimum atomic E-state index is 0.571. The molecule has 1 aromatic heterocycles. The molecule has 2 aromatic carbocycles. The molecule has 1 aliphatic carbocycles. The van der Waals surface area contributed by atoms with E-state index in [4.69, 9.17) is 9.47 Å². The van der Waals surface area contributed by atoms with Crippen LogP contribution in [0.3, 0.4) is 0 Å². The van der Waals surface area contributed by atoms with Crippen LogP contribution in [0.25, 0.3) is 22.2 Å². The number of rotatable bonds is 8. The number of nitrogens with one attached hydrogen (secondary N) is 2. The van der Waals surface area contributed by atoms with Crippen LogP contribution in [0.5, 0.6) is 0 Å². The van der Waals surface area contributed by atoms with Crippen LogP contribution < -0.4 is 5.32 Å².